The molecule has 1 N–H and O–H groups in total. The molecule has 0 aromatic carbocycles. The molecule has 1 aromatic rings. The van der Waals surface area contributed by atoms with Crippen molar-refractivity contribution >= 4 is 27.8 Å². The highest BCUT2D eigenvalue weighted by Gasteiger charge is 2.21. The van der Waals surface area contributed by atoms with Crippen LogP contribution in [0.5, 0.6) is 0 Å². The standard InChI is InChI=1S/C9H11BrN4O2/c10-7-5-12-8(6-11-7)13-1-3-14(4-2-13)9(15)16/h5-6H,1-4H2,(H,15,16). The van der Waals surface area contributed by atoms with Crippen LogP contribution in [0.15, 0.2) is 17.0 Å². The minimum Gasteiger partial charge on any atom is -0.465 e. The lowest BCUT2D eigenvalue weighted by atomic mass is 10.3. The van der Waals surface area contributed by atoms with Gasteiger partial charge in [0.15, 0.2) is 0 Å². The van der Waals surface area contributed by atoms with E-state index >= 15 is 0 Å². The number of anilines is 1. The Bertz CT molecular complexity index is 376. The summed E-state index contributed by atoms with van der Waals surface area (Å²) in [4.78, 5) is 22.5. The van der Waals surface area contributed by atoms with Crippen molar-refractivity contribution in [2.45, 2.75) is 0 Å². The van der Waals surface area contributed by atoms with Crippen LogP contribution in [0.25, 0.3) is 0 Å². The Morgan fingerprint density at radius 1 is 1.25 bits per heavy atom. The van der Waals surface area contributed by atoms with E-state index in [0.29, 0.717) is 30.8 Å². The van der Waals surface area contributed by atoms with E-state index in [9.17, 15) is 4.79 Å². The summed E-state index contributed by atoms with van der Waals surface area (Å²) in [6, 6.07) is 0. The highest BCUT2D eigenvalue weighted by atomic mass is 79.9. The predicted molar refractivity (Wildman–Crippen MR) is 61.5 cm³/mol. The van der Waals surface area contributed by atoms with Crippen molar-refractivity contribution in [2.75, 3.05) is 31.1 Å². The van der Waals surface area contributed by atoms with Crippen LogP contribution in [0.2, 0.25) is 0 Å². The van der Waals surface area contributed by atoms with Gasteiger partial charge >= 0.3 is 6.09 Å². The molecule has 86 valence electrons. The summed E-state index contributed by atoms with van der Waals surface area (Å²) in [6.45, 7) is 2.32. The molecular weight excluding hydrogens is 276 g/mol. The topological polar surface area (TPSA) is 69.6 Å². The molecule has 0 radical (unpaired) electrons. The predicted octanol–water partition coefficient (Wildman–Crippen LogP) is 1.04. The van der Waals surface area contributed by atoms with Crippen molar-refractivity contribution in [1.82, 2.24) is 14.9 Å². The molecule has 1 aliphatic heterocycles. The van der Waals surface area contributed by atoms with Crippen LogP contribution >= 0.6 is 15.9 Å². The second-order valence-electron chi connectivity index (χ2n) is 3.45. The minimum absolute atomic E-state index is 0.507. The van der Waals surface area contributed by atoms with Crippen LogP contribution in [0.3, 0.4) is 0 Å². The first-order valence-electron chi connectivity index (χ1n) is 4.87. The summed E-state index contributed by atoms with van der Waals surface area (Å²) in [5.74, 6) is 0.785. The van der Waals surface area contributed by atoms with Gasteiger partial charge in [-0.1, -0.05) is 0 Å². The molecule has 0 spiro atoms. The Kier molecular flexibility index (Phi) is 3.23. The zero-order chi connectivity index (χ0) is 11.5. The third kappa shape index (κ3) is 2.41. The van der Waals surface area contributed by atoms with Crippen LogP contribution in [0, 0.1) is 0 Å². The molecule has 6 nitrogen and oxygen atoms in total. The van der Waals surface area contributed by atoms with Gasteiger partial charge in [-0.2, -0.15) is 0 Å². The van der Waals surface area contributed by atoms with Gasteiger partial charge < -0.3 is 14.9 Å². The summed E-state index contributed by atoms with van der Waals surface area (Å²) < 4.78 is 0.695. The Morgan fingerprint density at radius 2 is 1.94 bits per heavy atom. The first kappa shape index (κ1) is 11.1. The number of hydrogen-bond acceptors (Lipinski definition) is 4. The number of halogens is 1. The first-order chi connectivity index (χ1) is 7.66. The number of piperazine rings is 1. The quantitative estimate of drug-likeness (QED) is 0.835. The van der Waals surface area contributed by atoms with Crippen molar-refractivity contribution in [1.29, 1.82) is 0 Å². The van der Waals surface area contributed by atoms with Crippen molar-refractivity contribution < 1.29 is 9.90 Å². The van der Waals surface area contributed by atoms with E-state index in [2.05, 4.69) is 25.9 Å². The van der Waals surface area contributed by atoms with Crippen LogP contribution in [-0.4, -0.2) is 52.2 Å². The number of amides is 1. The van der Waals surface area contributed by atoms with E-state index in [1.165, 1.54) is 4.90 Å². The Morgan fingerprint density at radius 3 is 2.44 bits per heavy atom. The van der Waals surface area contributed by atoms with E-state index in [-0.39, 0.29) is 0 Å². The number of rotatable bonds is 1. The van der Waals surface area contributed by atoms with E-state index in [1.54, 1.807) is 12.4 Å². The molecule has 7 heteroatoms. The van der Waals surface area contributed by atoms with E-state index in [1.807, 2.05) is 4.90 Å². The molecule has 0 saturated carbocycles. The second kappa shape index (κ2) is 4.65. The summed E-state index contributed by atoms with van der Waals surface area (Å²) in [7, 11) is 0. The monoisotopic (exact) mass is 286 g/mol. The summed E-state index contributed by atoms with van der Waals surface area (Å²) in [6.07, 6.45) is 2.46. The zero-order valence-electron chi connectivity index (χ0n) is 8.51. The number of carboxylic acid groups (broad SMARTS) is 1. The van der Waals surface area contributed by atoms with Gasteiger partial charge in [-0.05, 0) is 15.9 Å². The Hall–Kier alpha value is -1.37. The largest absolute Gasteiger partial charge is 0.465 e. The molecule has 1 amide bonds. The number of carbonyl (C=O) groups is 1. The molecule has 2 heterocycles. The van der Waals surface area contributed by atoms with Gasteiger partial charge in [0.2, 0.25) is 0 Å². The summed E-state index contributed by atoms with van der Waals surface area (Å²) in [5, 5.41) is 8.80. The molecule has 16 heavy (non-hydrogen) atoms. The van der Waals surface area contributed by atoms with Gasteiger partial charge in [0.05, 0.1) is 12.4 Å². The van der Waals surface area contributed by atoms with Crippen LogP contribution < -0.4 is 4.90 Å². The van der Waals surface area contributed by atoms with Crippen molar-refractivity contribution in [3.8, 4) is 0 Å². The van der Waals surface area contributed by atoms with Crippen molar-refractivity contribution in [2.24, 2.45) is 0 Å². The molecular formula is C9H11BrN4O2. The molecule has 0 bridgehead atoms. The minimum atomic E-state index is -0.860. The summed E-state index contributed by atoms with van der Waals surface area (Å²) in [5.41, 5.74) is 0. The van der Waals surface area contributed by atoms with Crippen LogP contribution in [0.4, 0.5) is 10.6 Å². The third-order valence-electron chi connectivity index (χ3n) is 2.48. The fraction of sp³-hybridized carbons (Fsp3) is 0.444. The number of aromatic nitrogens is 2. The van der Waals surface area contributed by atoms with Crippen LogP contribution in [-0.2, 0) is 0 Å². The lowest BCUT2D eigenvalue weighted by Crippen LogP contribution is -2.48. The van der Waals surface area contributed by atoms with E-state index in [4.69, 9.17) is 5.11 Å². The van der Waals surface area contributed by atoms with Gasteiger partial charge in [-0.3, -0.25) is 0 Å². The molecule has 0 aliphatic carbocycles. The van der Waals surface area contributed by atoms with Crippen molar-refractivity contribution in [3.63, 3.8) is 0 Å². The van der Waals surface area contributed by atoms with Crippen LogP contribution in [0.1, 0.15) is 0 Å². The molecule has 0 atom stereocenters. The zero-order valence-corrected chi connectivity index (χ0v) is 10.1. The first-order valence-corrected chi connectivity index (χ1v) is 5.66. The Labute approximate surface area is 101 Å². The van der Waals surface area contributed by atoms with E-state index in [0.717, 1.165) is 5.82 Å². The molecule has 1 fully saturated rings. The summed E-state index contributed by atoms with van der Waals surface area (Å²) >= 11 is 3.22. The lowest BCUT2D eigenvalue weighted by molar-refractivity contribution is 0.142. The van der Waals surface area contributed by atoms with Gasteiger partial charge in [0, 0.05) is 26.2 Å². The second-order valence-corrected chi connectivity index (χ2v) is 4.27. The highest BCUT2D eigenvalue weighted by molar-refractivity contribution is 9.10. The van der Waals surface area contributed by atoms with Gasteiger partial charge in [-0.15, -0.1) is 0 Å². The lowest BCUT2D eigenvalue weighted by Gasteiger charge is -2.33. The van der Waals surface area contributed by atoms with Gasteiger partial charge in [0.25, 0.3) is 0 Å². The molecule has 1 aliphatic rings. The van der Waals surface area contributed by atoms with Gasteiger partial charge in [0.1, 0.15) is 10.4 Å². The average molecular weight is 287 g/mol. The third-order valence-corrected chi connectivity index (χ3v) is 2.89. The smallest absolute Gasteiger partial charge is 0.407 e. The maximum absolute atomic E-state index is 10.7. The highest BCUT2D eigenvalue weighted by Crippen LogP contribution is 2.13. The van der Waals surface area contributed by atoms with Gasteiger partial charge in [-0.25, -0.2) is 14.8 Å². The maximum Gasteiger partial charge on any atom is 0.407 e. The molecule has 0 unspecified atom stereocenters. The molecule has 1 aromatic heterocycles. The number of nitrogens with zero attached hydrogens (tertiary/aromatic N) is 4. The fourth-order valence-corrected chi connectivity index (χ4v) is 1.80. The fourth-order valence-electron chi connectivity index (χ4n) is 1.60. The Balaban J connectivity index is 1.99. The SMILES string of the molecule is O=C(O)N1CCN(c2cnc(Br)cn2)CC1. The molecule has 1 saturated heterocycles. The average Bonchev–Trinajstić information content (AvgIpc) is 2.30. The number of hydrogen-bond donors (Lipinski definition) is 1. The normalized spacial score (nSPS) is 16.3. The molecule has 2 rings (SSSR count). The van der Waals surface area contributed by atoms with E-state index < -0.39 is 6.09 Å². The van der Waals surface area contributed by atoms with Crippen molar-refractivity contribution in [3.05, 3.63) is 17.0 Å². The maximum atomic E-state index is 10.7.